The molecule has 0 aliphatic carbocycles. The van der Waals surface area contributed by atoms with Crippen LogP contribution in [-0.2, 0) is 11.3 Å². The maximum Gasteiger partial charge on any atom is 0.0740 e. The minimum Gasteiger partial charge on any atom is -0.398 e. The Morgan fingerprint density at radius 3 is 2.79 bits per heavy atom. The van der Waals surface area contributed by atoms with Crippen molar-refractivity contribution in [2.75, 3.05) is 5.73 Å². The van der Waals surface area contributed by atoms with Crippen molar-refractivity contribution in [1.29, 1.82) is 0 Å². The van der Waals surface area contributed by atoms with E-state index in [4.69, 9.17) is 10.5 Å². The first-order valence-electron chi connectivity index (χ1n) is 4.79. The van der Waals surface area contributed by atoms with Gasteiger partial charge in [-0.15, -0.1) is 0 Å². The van der Waals surface area contributed by atoms with Gasteiger partial charge in [0.2, 0.25) is 0 Å². The van der Waals surface area contributed by atoms with Gasteiger partial charge in [0.15, 0.2) is 0 Å². The highest BCUT2D eigenvalue weighted by Gasteiger charge is 2.02. The smallest absolute Gasteiger partial charge is 0.0740 e. The average Bonchev–Trinajstić information content (AvgIpc) is 2.16. The van der Waals surface area contributed by atoms with E-state index in [0.717, 1.165) is 22.1 Å². The molecular weight excluding hydrogens is 242 g/mol. The number of rotatable bonds is 4. The van der Waals surface area contributed by atoms with E-state index in [1.807, 2.05) is 18.2 Å². The van der Waals surface area contributed by atoms with Crippen LogP contribution in [0.4, 0.5) is 5.69 Å². The van der Waals surface area contributed by atoms with Crippen LogP contribution in [0.1, 0.15) is 25.8 Å². The van der Waals surface area contributed by atoms with Gasteiger partial charge in [-0.25, -0.2) is 0 Å². The Kier molecular flexibility index (Phi) is 4.42. The van der Waals surface area contributed by atoms with E-state index < -0.39 is 0 Å². The lowest BCUT2D eigenvalue weighted by molar-refractivity contribution is 0.0512. The van der Waals surface area contributed by atoms with Crippen molar-refractivity contribution in [2.45, 2.75) is 33.0 Å². The summed E-state index contributed by atoms with van der Waals surface area (Å²) in [5.41, 5.74) is 7.67. The molecule has 2 N–H and O–H groups in total. The molecule has 1 aromatic carbocycles. The summed E-state index contributed by atoms with van der Waals surface area (Å²) >= 11 is 3.37. The van der Waals surface area contributed by atoms with Crippen LogP contribution in [0.2, 0.25) is 0 Å². The molecule has 0 bridgehead atoms. The third kappa shape index (κ3) is 3.31. The van der Waals surface area contributed by atoms with E-state index in [-0.39, 0.29) is 6.10 Å². The molecule has 0 aliphatic rings. The fourth-order valence-corrected chi connectivity index (χ4v) is 1.43. The molecule has 0 aliphatic heterocycles. The second kappa shape index (κ2) is 5.37. The van der Waals surface area contributed by atoms with Crippen LogP contribution in [0, 0.1) is 0 Å². The zero-order valence-corrected chi connectivity index (χ0v) is 10.2. The van der Waals surface area contributed by atoms with Crippen molar-refractivity contribution >= 4 is 21.6 Å². The van der Waals surface area contributed by atoms with Crippen LogP contribution in [0.15, 0.2) is 22.7 Å². The fraction of sp³-hybridized carbons (Fsp3) is 0.455. The van der Waals surface area contributed by atoms with Crippen LogP contribution in [0.25, 0.3) is 0 Å². The van der Waals surface area contributed by atoms with Crippen LogP contribution >= 0.6 is 15.9 Å². The molecule has 78 valence electrons. The lowest BCUT2D eigenvalue weighted by Gasteiger charge is -2.12. The van der Waals surface area contributed by atoms with E-state index in [1.54, 1.807) is 0 Å². The van der Waals surface area contributed by atoms with Crippen molar-refractivity contribution in [3.8, 4) is 0 Å². The molecule has 1 atom stereocenters. The number of nitrogens with two attached hydrogens (primary N) is 1. The van der Waals surface area contributed by atoms with Gasteiger partial charge in [0, 0.05) is 15.7 Å². The average molecular weight is 258 g/mol. The van der Waals surface area contributed by atoms with Gasteiger partial charge in [0.25, 0.3) is 0 Å². The Bertz CT molecular complexity index is 301. The van der Waals surface area contributed by atoms with Gasteiger partial charge in [0.05, 0.1) is 12.7 Å². The van der Waals surface area contributed by atoms with E-state index >= 15 is 0 Å². The van der Waals surface area contributed by atoms with Gasteiger partial charge in [0.1, 0.15) is 0 Å². The van der Waals surface area contributed by atoms with Crippen LogP contribution < -0.4 is 5.73 Å². The monoisotopic (exact) mass is 257 g/mol. The Morgan fingerprint density at radius 1 is 1.50 bits per heavy atom. The summed E-state index contributed by atoms with van der Waals surface area (Å²) in [4.78, 5) is 0. The maximum atomic E-state index is 5.84. The van der Waals surface area contributed by atoms with Crippen LogP contribution in [0.5, 0.6) is 0 Å². The standard InChI is InChI=1S/C11H16BrNO/c1-3-8(2)14-7-9-4-5-10(12)6-11(9)13/h4-6,8H,3,7,13H2,1-2H3. The Balaban J connectivity index is 2.59. The minimum absolute atomic E-state index is 0.290. The van der Waals surface area contributed by atoms with Gasteiger partial charge in [-0.05, 0) is 25.5 Å². The number of hydrogen-bond acceptors (Lipinski definition) is 2. The molecule has 0 fully saturated rings. The molecule has 1 aromatic rings. The Labute approximate surface area is 93.6 Å². The van der Waals surface area contributed by atoms with E-state index in [2.05, 4.69) is 29.8 Å². The largest absolute Gasteiger partial charge is 0.398 e. The summed E-state index contributed by atoms with van der Waals surface area (Å²) in [6, 6.07) is 5.86. The molecule has 0 amide bonds. The topological polar surface area (TPSA) is 35.2 Å². The first-order chi connectivity index (χ1) is 6.63. The predicted molar refractivity (Wildman–Crippen MR) is 63.1 cm³/mol. The molecule has 0 radical (unpaired) electrons. The summed E-state index contributed by atoms with van der Waals surface area (Å²) in [5.74, 6) is 0. The normalized spacial score (nSPS) is 12.8. The van der Waals surface area contributed by atoms with Crippen molar-refractivity contribution in [3.63, 3.8) is 0 Å². The SMILES string of the molecule is CCC(C)OCc1ccc(Br)cc1N. The fourth-order valence-electron chi connectivity index (χ4n) is 1.05. The molecule has 0 saturated heterocycles. The molecular formula is C11H16BrNO. The molecule has 1 rings (SSSR count). The van der Waals surface area contributed by atoms with Crippen molar-refractivity contribution < 1.29 is 4.74 Å². The lowest BCUT2D eigenvalue weighted by atomic mass is 10.2. The second-order valence-corrected chi connectivity index (χ2v) is 4.29. The van der Waals surface area contributed by atoms with Crippen LogP contribution in [0.3, 0.4) is 0 Å². The molecule has 3 heteroatoms. The summed E-state index contributed by atoms with van der Waals surface area (Å²) in [7, 11) is 0. The molecule has 14 heavy (non-hydrogen) atoms. The van der Waals surface area contributed by atoms with Crippen molar-refractivity contribution in [1.82, 2.24) is 0 Å². The summed E-state index contributed by atoms with van der Waals surface area (Å²) in [5, 5.41) is 0. The van der Waals surface area contributed by atoms with E-state index in [0.29, 0.717) is 6.61 Å². The first kappa shape index (κ1) is 11.5. The number of anilines is 1. The molecule has 0 aromatic heterocycles. The Hall–Kier alpha value is -0.540. The highest BCUT2D eigenvalue weighted by Crippen LogP contribution is 2.19. The third-order valence-electron chi connectivity index (χ3n) is 2.21. The lowest BCUT2D eigenvalue weighted by Crippen LogP contribution is -2.07. The van der Waals surface area contributed by atoms with Crippen molar-refractivity contribution in [2.24, 2.45) is 0 Å². The summed E-state index contributed by atoms with van der Waals surface area (Å²) in [6.45, 7) is 4.76. The molecule has 0 spiro atoms. The molecule has 2 nitrogen and oxygen atoms in total. The van der Waals surface area contributed by atoms with Gasteiger partial charge >= 0.3 is 0 Å². The number of benzene rings is 1. The molecule has 0 saturated carbocycles. The maximum absolute atomic E-state index is 5.84. The zero-order chi connectivity index (χ0) is 10.6. The van der Waals surface area contributed by atoms with E-state index in [9.17, 15) is 0 Å². The van der Waals surface area contributed by atoms with E-state index in [1.165, 1.54) is 0 Å². The summed E-state index contributed by atoms with van der Waals surface area (Å²) in [6.07, 6.45) is 1.31. The number of halogens is 1. The van der Waals surface area contributed by atoms with Crippen LogP contribution in [-0.4, -0.2) is 6.10 Å². The molecule has 1 unspecified atom stereocenters. The molecule has 0 heterocycles. The van der Waals surface area contributed by atoms with Crippen molar-refractivity contribution in [3.05, 3.63) is 28.2 Å². The summed E-state index contributed by atoms with van der Waals surface area (Å²) < 4.78 is 6.60. The van der Waals surface area contributed by atoms with Gasteiger partial charge in [-0.3, -0.25) is 0 Å². The predicted octanol–water partition coefficient (Wildman–Crippen LogP) is 3.35. The Morgan fingerprint density at radius 2 is 2.21 bits per heavy atom. The van der Waals surface area contributed by atoms with Gasteiger partial charge in [-0.2, -0.15) is 0 Å². The minimum atomic E-state index is 0.290. The van der Waals surface area contributed by atoms with Gasteiger partial charge in [-0.1, -0.05) is 28.9 Å². The second-order valence-electron chi connectivity index (χ2n) is 3.37. The number of hydrogen-bond donors (Lipinski definition) is 1. The highest BCUT2D eigenvalue weighted by atomic mass is 79.9. The highest BCUT2D eigenvalue weighted by molar-refractivity contribution is 9.10. The zero-order valence-electron chi connectivity index (χ0n) is 8.59. The van der Waals surface area contributed by atoms with Gasteiger partial charge < -0.3 is 10.5 Å². The number of nitrogen functional groups attached to an aromatic ring is 1. The third-order valence-corrected chi connectivity index (χ3v) is 2.70. The quantitative estimate of drug-likeness (QED) is 0.840. The first-order valence-corrected chi connectivity index (χ1v) is 5.58. The number of ether oxygens (including phenoxy) is 1.